The van der Waals surface area contributed by atoms with Gasteiger partial charge in [0.2, 0.25) is 0 Å². The Balaban J connectivity index is 2.26. The van der Waals surface area contributed by atoms with E-state index in [1.165, 1.54) is 32.1 Å². The molecule has 0 amide bonds. The van der Waals surface area contributed by atoms with Crippen LogP contribution in [0.15, 0.2) is 5.16 Å². The lowest BCUT2D eigenvalue weighted by Gasteiger charge is -2.21. The molecular weight excluding hydrogens is 150 g/mol. The lowest BCUT2D eigenvalue weighted by molar-refractivity contribution is 0.308. The summed E-state index contributed by atoms with van der Waals surface area (Å²) in [4.78, 5) is 0. The quantitative estimate of drug-likeness (QED) is 0.510. The number of hydrogen-bond acceptors (Lipinski definition) is 2. The smallest absolute Gasteiger partial charge is 0.0573 e. The van der Waals surface area contributed by atoms with E-state index in [2.05, 4.69) is 12.1 Å². The van der Waals surface area contributed by atoms with Crippen molar-refractivity contribution in [1.82, 2.24) is 0 Å². The van der Waals surface area contributed by atoms with Gasteiger partial charge in [0.15, 0.2) is 0 Å². The second-order valence-electron chi connectivity index (χ2n) is 3.77. The number of nitrogens with zero attached hydrogens (tertiary/aromatic N) is 1. The lowest BCUT2D eigenvalue weighted by Crippen LogP contribution is -2.15. The summed E-state index contributed by atoms with van der Waals surface area (Å²) >= 11 is 0. The van der Waals surface area contributed by atoms with Crippen LogP contribution >= 0.6 is 0 Å². The molecule has 0 heterocycles. The molecule has 0 radical (unpaired) electrons. The topological polar surface area (TPSA) is 32.6 Å². The summed E-state index contributed by atoms with van der Waals surface area (Å²) in [6, 6.07) is 0. The van der Waals surface area contributed by atoms with E-state index in [9.17, 15) is 0 Å². The van der Waals surface area contributed by atoms with Crippen LogP contribution < -0.4 is 0 Å². The van der Waals surface area contributed by atoms with Gasteiger partial charge in [-0.3, -0.25) is 0 Å². The van der Waals surface area contributed by atoms with Crippen molar-refractivity contribution in [2.45, 2.75) is 51.9 Å². The van der Waals surface area contributed by atoms with Gasteiger partial charge in [0.25, 0.3) is 0 Å². The molecular formula is C10H19NO. The van der Waals surface area contributed by atoms with Gasteiger partial charge in [0.05, 0.1) is 5.71 Å². The highest BCUT2D eigenvalue weighted by Crippen LogP contribution is 2.26. The minimum Gasteiger partial charge on any atom is -0.411 e. The molecule has 0 aromatic rings. The largest absolute Gasteiger partial charge is 0.411 e. The molecule has 1 N–H and O–H groups in total. The van der Waals surface area contributed by atoms with E-state index >= 15 is 0 Å². The van der Waals surface area contributed by atoms with Crippen LogP contribution in [0.5, 0.6) is 0 Å². The average molecular weight is 169 g/mol. The monoisotopic (exact) mass is 169 g/mol. The molecule has 0 saturated heterocycles. The van der Waals surface area contributed by atoms with Crippen molar-refractivity contribution in [2.75, 3.05) is 0 Å². The predicted molar refractivity (Wildman–Crippen MR) is 50.7 cm³/mol. The third-order valence-corrected chi connectivity index (χ3v) is 2.71. The molecule has 12 heavy (non-hydrogen) atoms. The summed E-state index contributed by atoms with van der Waals surface area (Å²) in [7, 11) is 0. The molecule has 0 aromatic heterocycles. The van der Waals surface area contributed by atoms with Gasteiger partial charge in [-0.25, -0.2) is 0 Å². The second-order valence-corrected chi connectivity index (χ2v) is 3.77. The Morgan fingerprint density at radius 1 is 1.58 bits per heavy atom. The molecule has 0 bridgehead atoms. The van der Waals surface area contributed by atoms with Crippen molar-refractivity contribution in [2.24, 2.45) is 11.1 Å². The minimum atomic E-state index is 0.796. The highest BCUT2D eigenvalue weighted by molar-refractivity contribution is 5.84. The normalized spacial score (nSPS) is 27.8. The van der Waals surface area contributed by atoms with Crippen LogP contribution in [0, 0.1) is 5.92 Å². The fraction of sp³-hybridized carbons (Fsp3) is 0.900. The Bertz CT molecular complexity index is 154. The standard InChI is InChI=1S/C10H19NO/c1-2-3-5-9-6-4-7-10(8-9)11-12/h9,12H,2-8H2,1H3. The summed E-state index contributed by atoms with van der Waals surface area (Å²) in [6.45, 7) is 2.23. The number of unbranched alkanes of at least 4 members (excludes halogenated alkanes) is 1. The van der Waals surface area contributed by atoms with E-state index in [-0.39, 0.29) is 0 Å². The van der Waals surface area contributed by atoms with Gasteiger partial charge in [-0.1, -0.05) is 31.3 Å². The summed E-state index contributed by atoms with van der Waals surface area (Å²) < 4.78 is 0. The Labute approximate surface area is 74.7 Å². The molecule has 70 valence electrons. The van der Waals surface area contributed by atoms with Crippen LogP contribution in [0.1, 0.15) is 51.9 Å². The number of rotatable bonds is 3. The zero-order valence-corrected chi connectivity index (χ0v) is 7.92. The molecule has 1 unspecified atom stereocenters. The Morgan fingerprint density at radius 3 is 3.08 bits per heavy atom. The van der Waals surface area contributed by atoms with Gasteiger partial charge >= 0.3 is 0 Å². The SMILES string of the molecule is CCCCC1CCCC(=NO)C1. The molecule has 0 aromatic carbocycles. The lowest BCUT2D eigenvalue weighted by atomic mass is 9.84. The fourth-order valence-electron chi connectivity index (χ4n) is 1.96. The van der Waals surface area contributed by atoms with E-state index < -0.39 is 0 Å². The van der Waals surface area contributed by atoms with E-state index in [4.69, 9.17) is 5.21 Å². The van der Waals surface area contributed by atoms with Crippen LogP contribution in [-0.4, -0.2) is 10.9 Å². The van der Waals surface area contributed by atoms with E-state index in [1.807, 2.05) is 0 Å². The van der Waals surface area contributed by atoms with Gasteiger partial charge in [0.1, 0.15) is 0 Å². The molecule has 1 aliphatic rings. The highest BCUT2D eigenvalue weighted by Gasteiger charge is 2.17. The maximum absolute atomic E-state index is 8.62. The number of oxime groups is 1. The second kappa shape index (κ2) is 5.18. The van der Waals surface area contributed by atoms with Gasteiger partial charge in [-0.05, 0) is 31.6 Å². The first-order chi connectivity index (χ1) is 5.86. The van der Waals surface area contributed by atoms with Crippen molar-refractivity contribution in [1.29, 1.82) is 0 Å². The minimum absolute atomic E-state index is 0.796. The number of hydrogen-bond donors (Lipinski definition) is 1. The van der Waals surface area contributed by atoms with Crippen LogP contribution in [0.25, 0.3) is 0 Å². The first-order valence-corrected chi connectivity index (χ1v) is 5.06. The highest BCUT2D eigenvalue weighted by atomic mass is 16.4. The molecule has 1 fully saturated rings. The molecule has 1 atom stereocenters. The van der Waals surface area contributed by atoms with E-state index in [1.54, 1.807) is 0 Å². The van der Waals surface area contributed by atoms with Crippen molar-refractivity contribution in [3.63, 3.8) is 0 Å². The van der Waals surface area contributed by atoms with Crippen molar-refractivity contribution in [3.8, 4) is 0 Å². The van der Waals surface area contributed by atoms with Crippen LogP contribution in [0.2, 0.25) is 0 Å². The van der Waals surface area contributed by atoms with Gasteiger partial charge in [-0.2, -0.15) is 0 Å². The van der Waals surface area contributed by atoms with Crippen molar-refractivity contribution >= 4 is 5.71 Å². The van der Waals surface area contributed by atoms with Crippen LogP contribution in [0.3, 0.4) is 0 Å². The predicted octanol–water partition coefficient (Wildman–Crippen LogP) is 3.20. The van der Waals surface area contributed by atoms with Gasteiger partial charge in [-0.15, -0.1) is 0 Å². The van der Waals surface area contributed by atoms with Crippen LogP contribution in [-0.2, 0) is 0 Å². The molecule has 0 spiro atoms. The maximum atomic E-state index is 8.62. The van der Waals surface area contributed by atoms with E-state index in [0.29, 0.717) is 0 Å². The van der Waals surface area contributed by atoms with Gasteiger partial charge in [0, 0.05) is 0 Å². The first kappa shape index (κ1) is 9.56. The summed E-state index contributed by atoms with van der Waals surface area (Å²) in [5.41, 5.74) is 1.02. The Morgan fingerprint density at radius 2 is 2.42 bits per heavy atom. The molecule has 2 nitrogen and oxygen atoms in total. The van der Waals surface area contributed by atoms with Gasteiger partial charge < -0.3 is 5.21 Å². The average Bonchev–Trinajstić information content (AvgIpc) is 2.15. The maximum Gasteiger partial charge on any atom is 0.0573 e. The zero-order chi connectivity index (χ0) is 8.81. The summed E-state index contributed by atoms with van der Waals surface area (Å²) in [5, 5.41) is 11.9. The molecule has 1 saturated carbocycles. The third-order valence-electron chi connectivity index (χ3n) is 2.71. The van der Waals surface area contributed by atoms with Crippen molar-refractivity contribution in [3.05, 3.63) is 0 Å². The summed E-state index contributed by atoms with van der Waals surface area (Å²) in [6.07, 6.45) is 8.52. The Kier molecular flexibility index (Phi) is 4.12. The van der Waals surface area contributed by atoms with E-state index in [0.717, 1.165) is 24.5 Å². The molecule has 1 aliphatic carbocycles. The molecule has 0 aliphatic heterocycles. The first-order valence-electron chi connectivity index (χ1n) is 5.06. The summed E-state index contributed by atoms with van der Waals surface area (Å²) in [5.74, 6) is 0.796. The van der Waals surface area contributed by atoms with Crippen molar-refractivity contribution < 1.29 is 5.21 Å². The van der Waals surface area contributed by atoms with Crippen LogP contribution in [0.4, 0.5) is 0 Å². The third kappa shape index (κ3) is 2.84. The molecule has 1 rings (SSSR count). The zero-order valence-electron chi connectivity index (χ0n) is 7.92. The Hall–Kier alpha value is -0.530. The molecule has 2 heteroatoms. The fourth-order valence-corrected chi connectivity index (χ4v) is 1.96.